The minimum Gasteiger partial charge on any atom is -0.462 e. The first kappa shape index (κ1) is 74.7. The van der Waals surface area contributed by atoms with E-state index in [-0.39, 0.29) is 25.9 Å². The quantitative estimate of drug-likeness (QED) is 0.0197. The molecule has 0 bridgehead atoms. The zero-order chi connectivity index (χ0) is 56.9. The highest BCUT2D eigenvalue weighted by Crippen LogP contribution is 2.43. The number of hydrogen-bond donors (Lipinski definition) is 2. The van der Waals surface area contributed by atoms with Crippen LogP contribution in [-0.4, -0.2) is 66.5 Å². The summed E-state index contributed by atoms with van der Waals surface area (Å²) in [4.78, 5) is 48.7. The van der Waals surface area contributed by atoms with Gasteiger partial charge in [-0.2, -0.15) is 0 Å². The molecule has 0 aliphatic heterocycles. The maximum atomic E-state index is 12.9. The van der Waals surface area contributed by atoms with E-state index in [0.29, 0.717) is 19.3 Å². The standard InChI is InChI=1S/C66H115O11P/c1-4-7-10-13-16-19-22-25-27-29-31-33-35-38-40-43-46-49-52-55-64(68)73-59-63(77-66(70)57-54-51-48-45-42-39-36-34-32-30-28-26-23-20-17-14-11-8-5-2)61-75-78(71,72)74-60-62(58-67)76-65(69)56-53-50-47-44-41-37-24-21-18-15-12-9-6-3/h8,11,16-17,19-21,24-28,32,34,62-63,67H,4-7,9-10,12-15,18,22-23,29-31,33,35-61H2,1-3H3,(H,71,72)/b11-8-,19-16-,20-17-,24-21-,27-25-,28-26-,34-32-. The molecule has 0 aromatic rings. The first-order valence-electron chi connectivity index (χ1n) is 31.5. The molecule has 3 atom stereocenters. The van der Waals surface area contributed by atoms with Gasteiger partial charge in [0.05, 0.1) is 19.8 Å². The minimum atomic E-state index is -4.76. The molecule has 0 rings (SSSR count). The summed E-state index contributed by atoms with van der Waals surface area (Å²) in [5.74, 6) is -1.49. The molecule has 11 nitrogen and oxygen atoms in total. The summed E-state index contributed by atoms with van der Waals surface area (Å²) in [6.07, 6.45) is 69.6. The third-order valence-corrected chi connectivity index (χ3v) is 14.2. The van der Waals surface area contributed by atoms with Crippen LogP contribution in [0.1, 0.15) is 278 Å². The SMILES string of the molecule is CC/C=C\C/C=C\C/C=C\C/C=C\CCCCCCCCC(=O)OC(COC(=O)CCCCCCCCCCC/C=C\C/C=C\CCCCC)COP(=O)(O)OCC(CO)OC(=O)CCCCCCC/C=C\CCCCCC. The maximum absolute atomic E-state index is 12.9. The Morgan fingerprint density at radius 3 is 1.06 bits per heavy atom. The highest BCUT2D eigenvalue weighted by atomic mass is 31.2. The van der Waals surface area contributed by atoms with Crippen LogP contribution in [0.3, 0.4) is 0 Å². The highest BCUT2D eigenvalue weighted by Gasteiger charge is 2.28. The molecule has 0 fully saturated rings. The summed E-state index contributed by atoms with van der Waals surface area (Å²) in [6, 6.07) is 0. The van der Waals surface area contributed by atoms with Crippen molar-refractivity contribution in [1.29, 1.82) is 0 Å². The number of rotatable bonds is 58. The van der Waals surface area contributed by atoms with Gasteiger partial charge in [-0.15, -0.1) is 0 Å². The van der Waals surface area contributed by atoms with Crippen LogP contribution in [0.25, 0.3) is 0 Å². The zero-order valence-corrected chi connectivity index (χ0v) is 50.8. The third-order valence-electron chi connectivity index (χ3n) is 13.3. The number of unbranched alkanes of at least 4 members (excludes halogenated alkanes) is 27. The number of esters is 3. The Kier molecular flexibility index (Phi) is 57.2. The Hall–Kier alpha value is -3.34. The smallest absolute Gasteiger partial charge is 0.462 e. The Bertz CT molecular complexity index is 1630. The van der Waals surface area contributed by atoms with Crippen LogP contribution < -0.4 is 0 Å². The molecule has 0 aliphatic rings. The molecule has 78 heavy (non-hydrogen) atoms. The lowest BCUT2D eigenvalue weighted by Gasteiger charge is -2.21. The number of aliphatic hydroxyl groups excluding tert-OH is 1. The van der Waals surface area contributed by atoms with Crippen LogP contribution in [0, 0.1) is 0 Å². The molecular formula is C66H115O11P. The first-order valence-corrected chi connectivity index (χ1v) is 33.0. The van der Waals surface area contributed by atoms with Crippen molar-refractivity contribution < 1.29 is 52.2 Å². The molecule has 0 heterocycles. The van der Waals surface area contributed by atoms with Gasteiger partial charge < -0.3 is 24.2 Å². The normalized spacial score (nSPS) is 13.9. The second-order valence-corrected chi connectivity index (χ2v) is 22.3. The fourth-order valence-corrected chi connectivity index (χ4v) is 9.27. The molecule has 2 N–H and O–H groups in total. The second kappa shape index (κ2) is 59.8. The van der Waals surface area contributed by atoms with Gasteiger partial charge in [0, 0.05) is 19.3 Å². The summed E-state index contributed by atoms with van der Waals surface area (Å²) in [5.41, 5.74) is 0. The van der Waals surface area contributed by atoms with Gasteiger partial charge >= 0.3 is 25.7 Å². The first-order chi connectivity index (χ1) is 38.2. The Balaban J connectivity index is 4.75. The highest BCUT2D eigenvalue weighted by molar-refractivity contribution is 7.47. The molecule has 450 valence electrons. The average molecular weight is 1120 g/mol. The van der Waals surface area contributed by atoms with E-state index in [0.717, 1.165) is 135 Å². The molecule has 0 saturated heterocycles. The van der Waals surface area contributed by atoms with Gasteiger partial charge in [-0.05, 0) is 116 Å². The van der Waals surface area contributed by atoms with E-state index >= 15 is 0 Å². The van der Waals surface area contributed by atoms with Crippen molar-refractivity contribution in [2.45, 2.75) is 290 Å². The van der Waals surface area contributed by atoms with E-state index in [4.69, 9.17) is 23.3 Å². The van der Waals surface area contributed by atoms with E-state index < -0.39 is 57.8 Å². The van der Waals surface area contributed by atoms with Crippen molar-refractivity contribution in [1.82, 2.24) is 0 Å². The van der Waals surface area contributed by atoms with Crippen molar-refractivity contribution in [3.63, 3.8) is 0 Å². The molecule has 3 unspecified atom stereocenters. The number of allylic oxidation sites excluding steroid dienone is 14. The van der Waals surface area contributed by atoms with Gasteiger partial charge in [-0.1, -0.05) is 228 Å². The van der Waals surface area contributed by atoms with Gasteiger partial charge in [0.25, 0.3) is 0 Å². The van der Waals surface area contributed by atoms with Gasteiger partial charge in [0.1, 0.15) is 12.7 Å². The van der Waals surface area contributed by atoms with Crippen LogP contribution in [0.15, 0.2) is 85.1 Å². The van der Waals surface area contributed by atoms with E-state index in [2.05, 4.69) is 106 Å². The van der Waals surface area contributed by atoms with E-state index in [1.54, 1.807) is 0 Å². The molecule has 12 heteroatoms. The summed E-state index contributed by atoms with van der Waals surface area (Å²) in [7, 11) is -4.76. The molecule has 0 aromatic heterocycles. The second-order valence-electron chi connectivity index (χ2n) is 20.8. The van der Waals surface area contributed by atoms with Crippen molar-refractivity contribution >= 4 is 25.7 Å². The van der Waals surface area contributed by atoms with Crippen LogP contribution in [-0.2, 0) is 42.2 Å². The lowest BCUT2D eigenvalue weighted by atomic mass is 10.1. The summed E-state index contributed by atoms with van der Waals surface area (Å²) >= 11 is 0. The summed E-state index contributed by atoms with van der Waals surface area (Å²) in [5, 5.41) is 9.83. The Morgan fingerprint density at radius 1 is 0.372 bits per heavy atom. The van der Waals surface area contributed by atoms with Gasteiger partial charge in [0.15, 0.2) is 6.10 Å². The molecule has 0 aliphatic carbocycles. The maximum Gasteiger partial charge on any atom is 0.472 e. The van der Waals surface area contributed by atoms with Gasteiger partial charge in [-0.3, -0.25) is 23.4 Å². The van der Waals surface area contributed by atoms with Crippen LogP contribution in [0.2, 0.25) is 0 Å². The molecule has 0 saturated carbocycles. The van der Waals surface area contributed by atoms with Gasteiger partial charge in [-0.25, -0.2) is 4.57 Å². The van der Waals surface area contributed by atoms with Crippen LogP contribution in [0.5, 0.6) is 0 Å². The largest absolute Gasteiger partial charge is 0.472 e. The predicted molar refractivity (Wildman–Crippen MR) is 325 cm³/mol. The fraction of sp³-hybridized carbons (Fsp3) is 0.742. The number of hydrogen-bond acceptors (Lipinski definition) is 10. The molecule has 0 aromatic carbocycles. The van der Waals surface area contributed by atoms with E-state index in [1.807, 2.05) is 0 Å². The lowest BCUT2D eigenvalue weighted by molar-refractivity contribution is -0.161. The van der Waals surface area contributed by atoms with E-state index in [9.17, 15) is 28.9 Å². The summed E-state index contributed by atoms with van der Waals surface area (Å²) in [6.45, 7) is 4.49. The molecule has 0 radical (unpaired) electrons. The minimum absolute atomic E-state index is 0.148. The van der Waals surface area contributed by atoms with Crippen LogP contribution in [0.4, 0.5) is 0 Å². The number of carbonyl (C=O) groups excluding carboxylic acids is 3. The Morgan fingerprint density at radius 2 is 0.667 bits per heavy atom. The predicted octanol–water partition coefficient (Wildman–Crippen LogP) is 19.0. The van der Waals surface area contributed by atoms with Crippen molar-refractivity contribution in [2.75, 3.05) is 26.4 Å². The monoisotopic (exact) mass is 1110 g/mol. The topological polar surface area (TPSA) is 155 Å². The molecule has 0 amide bonds. The van der Waals surface area contributed by atoms with Gasteiger partial charge in [0.2, 0.25) is 0 Å². The average Bonchev–Trinajstić information content (AvgIpc) is 3.43. The lowest BCUT2D eigenvalue weighted by Crippen LogP contribution is -2.30. The number of ether oxygens (including phenoxy) is 3. The van der Waals surface area contributed by atoms with Crippen molar-refractivity contribution in [2.24, 2.45) is 0 Å². The number of carbonyl (C=O) groups is 3. The molecular weight excluding hydrogens is 1000 g/mol. The van der Waals surface area contributed by atoms with Crippen molar-refractivity contribution in [3.05, 3.63) is 85.1 Å². The fourth-order valence-electron chi connectivity index (χ4n) is 8.49. The molecule has 0 spiro atoms. The van der Waals surface area contributed by atoms with Crippen molar-refractivity contribution in [3.8, 4) is 0 Å². The number of phosphoric acid groups is 1. The number of phosphoric ester groups is 1. The summed E-state index contributed by atoms with van der Waals surface area (Å²) < 4.78 is 39.6. The zero-order valence-electron chi connectivity index (χ0n) is 49.9. The van der Waals surface area contributed by atoms with Crippen LogP contribution >= 0.6 is 7.82 Å². The number of aliphatic hydroxyl groups is 1. The third kappa shape index (κ3) is 57.3. The Labute approximate surface area is 477 Å². The van der Waals surface area contributed by atoms with E-state index in [1.165, 1.54) is 83.5 Å².